The van der Waals surface area contributed by atoms with Gasteiger partial charge >= 0.3 is 0 Å². The van der Waals surface area contributed by atoms with E-state index in [9.17, 15) is 4.79 Å². The Hall–Kier alpha value is -1.62. The molecular weight excluding hydrogens is 330 g/mol. The molecule has 25 heavy (non-hydrogen) atoms. The number of benzene rings is 1. The fourth-order valence-electron chi connectivity index (χ4n) is 4.14. The lowest BCUT2D eigenvalue weighted by molar-refractivity contribution is -0.125. The summed E-state index contributed by atoms with van der Waals surface area (Å²) in [5.41, 5.74) is 1.06. The Morgan fingerprint density at radius 1 is 1.16 bits per heavy atom. The first-order valence-electron chi connectivity index (χ1n) is 9.68. The highest BCUT2D eigenvalue weighted by Crippen LogP contribution is 2.31. The summed E-state index contributed by atoms with van der Waals surface area (Å²) in [6.45, 7) is 2.68. The quantitative estimate of drug-likeness (QED) is 0.891. The Bertz CT molecular complexity index is 690. The minimum atomic E-state index is 0.101. The number of nitrogens with one attached hydrogen (secondary N) is 1. The fraction of sp³-hybridized carbons (Fsp3) is 0.600. The lowest BCUT2D eigenvalue weighted by Gasteiger charge is -2.32. The van der Waals surface area contributed by atoms with E-state index in [0.717, 1.165) is 43.1 Å². The molecule has 1 N–H and O–H groups in total. The maximum absolute atomic E-state index is 12.6. The Balaban J connectivity index is 1.35. The second kappa shape index (κ2) is 7.73. The Morgan fingerprint density at radius 2 is 2.00 bits per heavy atom. The molecule has 2 aliphatic rings. The van der Waals surface area contributed by atoms with Crippen LogP contribution in [0.25, 0.3) is 10.2 Å². The number of hydrogen-bond acceptors (Lipinski definition) is 4. The summed E-state index contributed by atoms with van der Waals surface area (Å²) in [4.78, 5) is 19.7. The number of para-hydroxylation sites is 1. The van der Waals surface area contributed by atoms with Gasteiger partial charge in [-0.15, -0.1) is 0 Å². The van der Waals surface area contributed by atoms with E-state index in [0.29, 0.717) is 5.92 Å². The van der Waals surface area contributed by atoms with Gasteiger partial charge in [-0.05, 0) is 43.7 Å². The van der Waals surface area contributed by atoms with Crippen molar-refractivity contribution in [3.8, 4) is 0 Å². The normalized spacial score (nSPS) is 22.2. The standard InChI is InChI=1S/C20H27N3OS/c24-19(21-13-15-7-2-1-3-8-15)16-9-6-12-23(14-16)20-22-17-10-4-5-11-18(17)25-20/h4-5,10-11,15-16H,1-3,6-9,12-14H2,(H,21,24). The number of amides is 1. The number of anilines is 1. The van der Waals surface area contributed by atoms with Crippen molar-refractivity contribution in [3.63, 3.8) is 0 Å². The van der Waals surface area contributed by atoms with E-state index in [4.69, 9.17) is 4.98 Å². The predicted octanol–water partition coefficient (Wildman–Crippen LogP) is 4.21. The van der Waals surface area contributed by atoms with Gasteiger partial charge in [-0.2, -0.15) is 0 Å². The Morgan fingerprint density at radius 3 is 2.84 bits per heavy atom. The van der Waals surface area contributed by atoms with Crippen molar-refractivity contribution in [1.29, 1.82) is 0 Å². The zero-order chi connectivity index (χ0) is 17.1. The van der Waals surface area contributed by atoms with E-state index >= 15 is 0 Å². The van der Waals surface area contributed by atoms with Crippen LogP contribution >= 0.6 is 11.3 Å². The van der Waals surface area contributed by atoms with Crippen LogP contribution in [0.15, 0.2) is 24.3 Å². The van der Waals surface area contributed by atoms with Crippen LogP contribution in [0.2, 0.25) is 0 Å². The molecule has 2 heterocycles. The third kappa shape index (κ3) is 3.97. The fourth-order valence-corrected chi connectivity index (χ4v) is 5.14. The molecule has 1 saturated heterocycles. The van der Waals surface area contributed by atoms with Crippen molar-refractivity contribution in [2.75, 3.05) is 24.5 Å². The summed E-state index contributed by atoms with van der Waals surface area (Å²) in [7, 11) is 0. The van der Waals surface area contributed by atoms with E-state index in [1.54, 1.807) is 11.3 Å². The molecule has 1 aliphatic heterocycles. The maximum Gasteiger partial charge on any atom is 0.224 e. The molecule has 1 atom stereocenters. The summed E-state index contributed by atoms with van der Waals surface area (Å²) in [6, 6.07) is 8.27. The van der Waals surface area contributed by atoms with Crippen LogP contribution in [0.4, 0.5) is 5.13 Å². The molecular formula is C20H27N3OS. The number of carbonyl (C=O) groups excluding carboxylic acids is 1. The van der Waals surface area contributed by atoms with Gasteiger partial charge in [0.25, 0.3) is 0 Å². The summed E-state index contributed by atoms with van der Waals surface area (Å²) in [5.74, 6) is 1.04. The van der Waals surface area contributed by atoms with Crippen molar-refractivity contribution in [2.24, 2.45) is 11.8 Å². The van der Waals surface area contributed by atoms with E-state index in [-0.39, 0.29) is 11.8 Å². The van der Waals surface area contributed by atoms with Crippen LogP contribution in [0.5, 0.6) is 0 Å². The van der Waals surface area contributed by atoms with Gasteiger partial charge in [0.2, 0.25) is 5.91 Å². The van der Waals surface area contributed by atoms with Gasteiger partial charge in [0.1, 0.15) is 0 Å². The van der Waals surface area contributed by atoms with Gasteiger partial charge in [0.15, 0.2) is 5.13 Å². The van der Waals surface area contributed by atoms with E-state index in [1.807, 2.05) is 6.07 Å². The van der Waals surface area contributed by atoms with E-state index in [1.165, 1.54) is 36.8 Å². The first kappa shape index (κ1) is 16.8. The van der Waals surface area contributed by atoms with Crippen molar-refractivity contribution in [2.45, 2.75) is 44.9 Å². The average molecular weight is 358 g/mol. The maximum atomic E-state index is 12.6. The summed E-state index contributed by atoms with van der Waals surface area (Å²) >= 11 is 1.74. The molecule has 2 aromatic rings. The number of piperidine rings is 1. The minimum absolute atomic E-state index is 0.101. The molecule has 4 rings (SSSR count). The molecule has 1 aromatic heterocycles. The van der Waals surface area contributed by atoms with Gasteiger partial charge in [-0.3, -0.25) is 4.79 Å². The predicted molar refractivity (Wildman–Crippen MR) is 104 cm³/mol. The van der Waals surface area contributed by atoms with Crippen molar-refractivity contribution in [3.05, 3.63) is 24.3 Å². The SMILES string of the molecule is O=C(NCC1CCCCC1)C1CCCN(c2nc3ccccc3s2)C1. The highest BCUT2D eigenvalue weighted by Gasteiger charge is 2.28. The lowest BCUT2D eigenvalue weighted by atomic mass is 9.89. The molecule has 0 bridgehead atoms. The molecule has 1 unspecified atom stereocenters. The average Bonchev–Trinajstić information content (AvgIpc) is 3.11. The van der Waals surface area contributed by atoms with Crippen molar-refractivity contribution < 1.29 is 4.79 Å². The highest BCUT2D eigenvalue weighted by molar-refractivity contribution is 7.22. The molecule has 1 aliphatic carbocycles. The van der Waals surface area contributed by atoms with Crippen LogP contribution < -0.4 is 10.2 Å². The van der Waals surface area contributed by atoms with Gasteiger partial charge in [0.05, 0.1) is 16.1 Å². The van der Waals surface area contributed by atoms with Crippen molar-refractivity contribution >= 4 is 32.6 Å². The van der Waals surface area contributed by atoms with Crippen LogP contribution in [0.1, 0.15) is 44.9 Å². The van der Waals surface area contributed by atoms with Gasteiger partial charge < -0.3 is 10.2 Å². The highest BCUT2D eigenvalue weighted by atomic mass is 32.1. The monoisotopic (exact) mass is 357 g/mol. The largest absolute Gasteiger partial charge is 0.356 e. The second-order valence-corrected chi connectivity index (χ2v) is 8.51. The summed E-state index contributed by atoms with van der Waals surface area (Å²) in [6.07, 6.45) is 8.65. The molecule has 134 valence electrons. The molecule has 1 amide bonds. The Labute approximate surface area is 153 Å². The van der Waals surface area contributed by atoms with E-state index in [2.05, 4.69) is 28.4 Å². The Kier molecular flexibility index (Phi) is 5.20. The van der Waals surface area contributed by atoms with Gasteiger partial charge in [-0.1, -0.05) is 42.7 Å². The smallest absolute Gasteiger partial charge is 0.224 e. The zero-order valence-electron chi connectivity index (χ0n) is 14.7. The topological polar surface area (TPSA) is 45.2 Å². The third-order valence-electron chi connectivity index (χ3n) is 5.64. The molecule has 0 radical (unpaired) electrons. The van der Waals surface area contributed by atoms with Gasteiger partial charge in [0, 0.05) is 19.6 Å². The minimum Gasteiger partial charge on any atom is -0.356 e. The van der Waals surface area contributed by atoms with Crippen molar-refractivity contribution in [1.82, 2.24) is 10.3 Å². The summed E-state index contributed by atoms with van der Waals surface area (Å²) < 4.78 is 1.22. The molecule has 1 saturated carbocycles. The summed E-state index contributed by atoms with van der Waals surface area (Å²) in [5, 5.41) is 4.30. The third-order valence-corrected chi connectivity index (χ3v) is 6.73. The number of thiazole rings is 1. The number of nitrogens with zero attached hydrogens (tertiary/aromatic N) is 2. The zero-order valence-corrected chi connectivity index (χ0v) is 15.6. The molecule has 1 aromatic carbocycles. The first-order chi connectivity index (χ1) is 12.3. The number of rotatable bonds is 4. The number of aromatic nitrogens is 1. The van der Waals surface area contributed by atoms with Crippen LogP contribution in [0, 0.1) is 11.8 Å². The molecule has 2 fully saturated rings. The number of fused-ring (bicyclic) bond motifs is 1. The van der Waals surface area contributed by atoms with Crippen LogP contribution in [-0.2, 0) is 4.79 Å². The molecule has 5 heteroatoms. The lowest BCUT2D eigenvalue weighted by Crippen LogP contribution is -2.44. The first-order valence-corrected chi connectivity index (χ1v) is 10.5. The number of carbonyl (C=O) groups is 1. The second-order valence-electron chi connectivity index (χ2n) is 7.50. The van der Waals surface area contributed by atoms with Gasteiger partial charge in [-0.25, -0.2) is 4.98 Å². The van der Waals surface area contributed by atoms with E-state index < -0.39 is 0 Å². The van der Waals surface area contributed by atoms with Crippen LogP contribution in [-0.4, -0.2) is 30.5 Å². The molecule has 0 spiro atoms. The molecule has 4 nitrogen and oxygen atoms in total. The number of hydrogen-bond donors (Lipinski definition) is 1. The van der Waals surface area contributed by atoms with Crippen LogP contribution in [0.3, 0.4) is 0 Å².